The molecule has 7 heteroatoms. The third kappa shape index (κ3) is 2.56. The molecule has 0 radical (unpaired) electrons. The number of benzene rings is 1. The van der Waals surface area contributed by atoms with Crippen molar-refractivity contribution < 1.29 is 14.3 Å². The monoisotopic (exact) mass is 298 g/mol. The summed E-state index contributed by atoms with van der Waals surface area (Å²) >= 11 is 0. The minimum atomic E-state index is -1.00. The lowest BCUT2D eigenvalue weighted by molar-refractivity contribution is 0.0697. The Kier molecular flexibility index (Phi) is 3.38. The second-order valence-corrected chi connectivity index (χ2v) is 4.65. The number of rotatable bonds is 3. The molecular weight excluding hydrogens is 287 g/mol. The average molecular weight is 298 g/mol. The first kappa shape index (κ1) is 13.9. The van der Waals surface area contributed by atoms with Gasteiger partial charge in [0.15, 0.2) is 5.82 Å². The Bertz CT molecular complexity index is 884. The maximum atomic E-state index is 13.3. The number of carbonyl (C=O) groups is 1. The van der Waals surface area contributed by atoms with E-state index in [1.54, 1.807) is 25.1 Å². The largest absolute Gasteiger partial charge is 0.478 e. The topological polar surface area (TPSA) is 79.3 Å². The summed E-state index contributed by atoms with van der Waals surface area (Å²) in [6.07, 6.45) is 1.29. The van der Waals surface area contributed by atoms with Crippen LogP contribution in [0.5, 0.6) is 0 Å². The minimum Gasteiger partial charge on any atom is -0.478 e. The molecule has 1 N–H and O–H groups in total. The highest BCUT2D eigenvalue weighted by Gasteiger charge is 2.08. The summed E-state index contributed by atoms with van der Waals surface area (Å²) in [6, 6.07) is 8.87. The van der Waals surface area contributed by atoms with Crippen molar-refractivity contribution in [3.05, 3.63) is 59.7 Å². The Labute approximate surface area is 124 Å². The molecule has 0 atom stereocenters. The van der Waals surface area contributed by atoms with Crippen LogP contribution in [-0.4, -0.2) is 20.5 Å². The van der Waals surface area contributed by atoms with Gasteiger partial charge in [-0.15, -0.1) is 10.2 Å². The van der Waals surface area contributed by atoms with Gasteiger partial charge in [0, 0.05) is 6.20 Å². The van der Waals surface area contributed by atoms with Crippen molar-refractivity contribution in [2.75, 3.05) is 0 Å². The number of azo groups is 1. The summed E-state index contributed by atoms with van der Waals surface area (Å²) in [5.41, 5.74) is 1.87. The van der Waals surface area contributed by atoms with Crippen molar-refractivity contribution in [2.45, 2.75) is 6.92 Å². The van der Waals surface area contributed by atoms with Crippen LogP contribution in [0.3, 0.4) is 0 Å². The lowest BCUT2D eigenvalue weighted by Gasteiger charge is -1.97. The van der Waals surface area contributed by atoms with Crippen molar-refractivity contribution in [3.63, 3.8) is 0 Å². The quantitative estimate of drug-likeness (QED) is 0.745. The van der Waals surface area contributed by atoms with Gasteiger partial charge in [0.25, 0.3) is 0 Å². The molecule has 22 heavy (non-hydrogen) atoms. The molecule has 1 aromatic carbocycles. The number of pyridine rings is 1. The van der Waals surface area contributed by atoms with Crippen molar-refractivity contribution >= 4 is 23.1 Å². The first-order chi connectivity index (χ1) is 10.5. The van der Waals surface area contributed by atoms with E-state index in [-0.39, 0.29) is 5.56 Å². The third-order valence-electron chi connectivity index (χ3n) is 3.10. The van der Waals surface area contributed by atoms with Gasteiger partial charge < -0.3 is 5.11 Å². The van der Waals surface area contributed by atoms with Gasteiger partial charge in [0.2, 0.25) is 0 Å². The van der Waals surface area contributed by atoms with Gasteiger partial charge in [0.1, 0.15) is 11.5 Å². The molecule has 0 spiro atoms. The molecule has 0 unspecified atom stereocenters. The van der Waals surface area contributed by atoms with Gasteiger partial charge in [-0.05, 0) is 43.3 Å². The Morgan fingerprint density at radius 3 is 2.59 bits per heavy atom. The molecule has 3 rings (SSSR count). The summed E-state index contributed by atoms with van der Waals surface area (Å²) in [5.74, 6) is -0.972. The molecule has 0 aliphatic heterocycles. The standard InChI is InChI=1S/C15H11FN4O2/c1-9-14(20-8-11(16)4-7-13(20)17-9)19-18-12-5-2-10(3-6-12)15(21)22/h2-8H,1H3,(H,21,22). The first-order valence-electron chi connectivity index (χ1n) is 6.44. The molecule has 0 saturated carbocycles. The molecule has 110 valence electrons. The zero-order valence-corrected chi connectivity index (χ0v) is 11.6. The zero-order valence-electron chi connectivity index (χ0n) is 11.6. The van der Waals surface area contributed by atoms with Gasteiger partial charge in [0.05, 0.1) is 16.9 Å². The molecule has 0 aliphatic carbocycles. The summed E-state index contributed by atoms with van der Waals surface area (Å²) in [7, 11) is 0. The van der Waals surface area contributed by atoms with Crippen molar-refractivity contribution in [1.29, 1.82) is 0 Å². The molecule has 0 aliphatic rings. The van der Waals surface area contributed by atoms with Crippen LogP contribution in [0.15, 0.2) is 52.8 Å². The molecule has 0 saturated heterocycles. The maximum absolute atomic E-state index is 13.3. The Morgan fingerprint density at radius 1 is 1.18 bits per heavy atom. The fourth-order valence-corrected chi connectivity index (χ4v) is 2.02. The number of hydrogen-bond acceptors (Lipinski definition) is 4. The van der Waals surface area contributed by atoms with E-state index < -0.39 is 11.8 Å². The smallest absolute Gasteiger partial charge is 0.335 e. The van der Waals surface area contributed by atoms with Crippen LogP contribution in [0, 0.1) is 12.7 Å². The number of halogens is 1. The van der Waals surface area contributed by atoms with Gasteiger partial charge in [-0.25, -0.2) is 14.2 Å². The summed E-state index contributed by atoms with van der Waals surface area (Å²) in [6.45, 7) is 1.76. The van der Waals surface area contributed by atoms with E-state index in [4.69, 9.17) is 5.11 Å². The number of hydrogen-bond donors (Lipinski definition) is 1. The second-order valence-electron chi connectivity index (χ2n) is 4.65. The highest BCUT2D eigenvalue weighted by atomic mass is 19.1. The number of fused-ring (bicyclic) bond motifs is 1. The molecule has 3 aromatic rings. The van der Waals surface area contributed by atoms with Crippen molar-refractivity contribution in [2.24, 2.45) is 10.2 Å². The Balaban J connectivity index is 1.96. The number of aromatic carboxylic acids is 1. The molecular formula is C15H11FN4O2. The number of carboxylic acids is 1. The van der Waals surface area contributed by atoms with E-state index in [9.17, 15) is 9.18 Å². The van der Waals surface area contributed by atoms with Crippen LogP contribution in [0.2, 0.25) is 0 Å². The lowest BCUT2D eigenvalue weighted by atomic mass is 10.2. The summed E-state index contributed by atoms with van der Waals surface area (Å²) in [5, 5.41) is 17.0. The van der Waals surface area contributed by atoms with E-state index in [0.29, 0.717) is 22.8 Å². The fourth-order valence-electron chi connectivity index (χ4n) is 2.02. The highest BCUT2D eigenvalue weighted by Crippen LogP contribution is 2.24. The number of aromatic nitrogens is 2. The highest BCUT2D eigenvalue weighted by molar-refractivity contribution is 5.87. The van der Waals surface area contributed by atoms with Gasteiger partial charge in [-0.1, -0.05) is 0 Å². The van der Waals surface area contributed by atoms with Gasteiger partial charge in [-0.3, -0.25) is 4.40 Å². The van der Waals surface area contributed by atoms with Crippen LogP contribution in [0.25, 0.3) is 5.65 Å². The number of aryl methyl sites for hydroxylation is 1. The van der Waals surface area contributed by atoms with E-state index in [1.807, 2.05) is 0 Å². The minimum absolute atomic E-state index is 0.173. The SMILES string of the molecule is Cc1nc2ccc(F)cn2c1N=Nc1ccc(C(=O)O)cc1. The molecule has 2 heterocycles. The number of imidazole rings is 1. The Morgan fingerprint density at radius 2 is 1.91 bits per heavy atom. The lowest BCUT2D eigenvalue weighted by Crippen LogP contribution is -1.93. The van der Waals surface area contributed by atoms with Gasteiger partial charge in [-0.2, -0.15) is 0 Å². The number of carboxylic acid groups (broad SMARTS) is 1. The van der Waals surface area contributed by atoms with Crippen LogP contribution >= 0.6 is 0 Å². The number of nitrogens with zero attached hydrogens (tertiary/aromatic N) is 4. The zero-order chi connectivity index (χ0) is 15.7. The van der Waals surface area contributed by atoms with Crippen molar-refractivity contribution in [1.82, 2.24) is 9.38 Å². The van der Waals surface area contributed by atoms with Crippen molar-refractivity contribution in [3.8, 4) is 0 Å². The predicted molar refractivity (Wildman–Crippen MR) is 77.5 cm³/mol. The maximum Gasteiger partial charge on any atom is 0.335 e. The Hall–Kier alpha value is -3.09. The van der Waals surface area contributed by atoms with E-state index in [1.165, 1.54) is 28.8 Å². The molecule has 2 aromatic heterocycles. The summed E-state index contributed by atoms with van der Waals surface area (Å²) in [4.78, 5) is 15.0. The molecule has 0 amide bonds. The summed E-state index contributed by atoms with van der Waals surface area (Å²) < 4.78 is 14.8. The van der Waals surface area contributed by atoms with Gasteiger partial charge >= 0.3 is 5.97 Å². The third-order valence-corrected chi connectivity index (χ3v) is 3.10. The van der Waals surface area contributed by atoms with Crippen LogP contribution in [0.4, 0.5) is 15.9 Å². The molecule has 0 bridgehead atoms. The van der Waals surface area contributed by atoms with E-state index in [2.05, 4.69) is 15.2 Å². The predicted octanol–water partition coefficient (Wildman–Crippen LogP) is 3.90. The second kappa shape index (κ2) is 5.36. The fraction of sp³-hybridized carbons (Fsp3) is 0.0667. The van der Waals surface area contributed by atoms with Crippen LogP contribution in [0.1, 0.15) is 16.1 Å². The molecule has 6 nitrogen and oxygen atoms in total. The van der Waals surface area contributed by atoms with Crippen LogP contribution < -0.4 is 0 Å². The average Bonchev–Trinajstić information content (AvgIpc) is 2.80. The first-order valence-corrected chi connectivity index (χ1v) is 6.44. The normalized spacial score (nSPS) is 11.4. The molecule has 0 fully saturated rings. The van der Waals surface area contributed by atoms with E-state index in [0.717, 1.165) is 0 Å². The van der Waals surface area contributed by atoms with Crippen LogP contribution in [-0.2, 0) is 0 Å². The van der Waals surface area contributed by atoms with E-state index >= 15 is 0 Å².